The summed E-state index contributed by atoms with van der Waals surface area (Å²) in [6.45, 7) is 2.74. The minimum atomic E-state index is -3.04. The van der Waals surface area contributed by atoms with E-state index in [1.807, 2.05) is 12.1 Å². The predicted octanol–water partition coefficient (Wildman–Crippen LogP) is 5.96. The molecule has 0 unspecified atom stereocenters. The second-order valence-corrected chi connectivity index (χ2v) is 11.3. The van der Waals surface area contributed by atoms with Crippen LogP contribution in [0.1, 0.15) is 73.2 Å². The number of hydrogen-bond donors (Lipinski definition) is 0. The van der Waals surface area contributed by atoms with Crippen molar-refractivity contribution >= 4 is 11.9 Å². The summed E-state index contributed by atoms with van der Waals surface area (Å²) in [5, 5.41) is 4.09. The molecular weight excluding hydrogens is 544 g/mol. The van der Waals surface area contributed by atoms with Crippen LogP contribution in [-0.4, -0.2) is 42.9 Å². The number of methoxy groups -OCH3 is 1. The van der Waals surface area contributed by atoms with Crippen LogP contribution >= 0.6 is 0 Å². The molecule has 0 N–H and O–H groups in total. The van der Waals surface area contributed by atoms with Gasteiger partial charge in [-0.1, -0.05) is 12.1 Å². The summed E-state index contributed by atoms with van der Waals surface area (Å²) in [5.74, 6) is -1.46. The summed E-state index contributed by atoms with van der Waals surface area (Å²) in [5.41, 5.74) is 3.28. The van der Waals surface area contributed by atoms with Gasteiger partial charge in [-0.25, -0.2) is 29.4 Å². The zero-order chi connectivity index (χ0) is 29.2. The van der Waals surface area contributed by atoms with Crippen molar-refractivity contribution in [2.75, 3.05) is 12.0 Å². The van der Waals surface area contributed by atoms with E-state index in [9.17, 15) is 13.6 Å². The van der Waals surface area contributed by atoms with Crippen LogP contribution in [0.25, 0.3) is 17.1 Å². The van der Waals surface area contributed by atoms with Gasteiger partial charge in [0.25, 0.3) is 5.92 Å². The molecule has 0 bridgehead atoms. The average Bonchev–Trinajstić information content (AvgIpc) is 3.73. The number of hydrogen-bond acceptors (Lipinski definition) is 8. The first-order valence-corrected chi connectivity index (χ1v) is 14.0. The molecule has 2 aliphatic carbocycles. The van der Waals surface area contributed by atoms with Gasteiger partial charge in [0.2, 0.25) is 5.88 Å². The summed E-state index contributed by atoms with van der Waals surface area (Å²) in [4.78, 5) is 33.5. The summed E-state index contributed by atoms with van der Waals surface area (Å²) in [6.07, 6.45) is 7.18. The fourth-order valence-electron chi connectivity index (χ4n) is 5.68. The van der Waals surface area contributed by atoms with E-state index in [1.165, 1.54) is 22.0 Å². The highest BCUT2D eigenvalue weighted by atomic mass is 19.3. The third-order valence-electron chi connectivity index (χ3n) is 8.26. The van der Waals surface area contributed by atoms with Gasteiger partial charge in [-0.2, -0.15) is 13.9 Å². The van der Waals surface area contributed by atoms with Gasteiger partial charge in [-0.05, 0) is 62.8 Å². The molecule has 1 amide bonds. The van der Waals surface area contributed by atoms with Gasteiger partial charge in [0, 0.05) is 24.7 Å². The summed E-state index contributed by atoms with van der Waals surface area (Å²) >= 11 is 0. The number of benzene rings is 1. The minimum absolute atomic E-state index is 0.187. The molecule has 12 heteroatoms. The Morgan fingerprint density at radius 1 is 1.14 bits per heavy atom. The molecule has 0 atom stereocenters. The number of aryl methyl sites for hydroxylation is 1. The van der Waals surface area contributed by atoms with Gasteiger partial charge in [-0.3, -0.25) is 4.90 Å². The van der Waals surface area contributed by atoms with Gasteiger partial charge in [0.15, 0.2) is 5.82 Å². The molecular formula is C30H29F2N7O3. The topological polar surface area (TPSA) is 108 Å². The van der Waals surface area contributed by atoms with E-state index in [1.54, 1.807) is 32.4 Å². The van der Waals surface area contributed by atoms with Crippen molar-refractivity contribution in [3.8, 4) is 23.0 Å². The van der Waals surface area contributed by atoms with Crippen molar-refractivity contribution in [2.24, 2.45) is 0 Å². The molecule has 1 spiro atoms. The molecule has 0 radical (unpaired) electrons. The number of ether oxygens (including phenoxy) is 2. The second-order valence-electron chi connectivity index (χ2n) is 11.3. The average molecular weight is 574 g/mol. The summed E-state index contributed by atoms with van der Waals surface area (Å²) in [7, 11) is 1.55. The Morgan fingerprint density at radius 3 is 2.52 bits per heavy atom. The van der Waals surface area contributed by atoms with E-state index in [0.717, 1.165) is 43.0 Å². The Labute approximate surface area is 240 Å². The fourth-order valence-corrected chi connectivity index (χ4v) is 5.68. The van der Waals surface area contributed by atoms with Crippen LogP contribution in [0.2, 0.25) is 0 Å². The lowest BCUT2D eigenvalue weighted by molar-refractivity contribution is -0.0557. The Hall–Kier alpha value is -4.48. The number of carbonyl (C=O) groups excluding carboxylic acids is 1. The minimum Gasteiger partial charge on any atom is -0.480 e. The largest absolute Gasteiger partial charge is 0.480 e. The Bertz CT molecular complexity index is 1690. The number of rotatable bonds is 7. The monoisotopic (exact) mass is 573 g/mol. The molecule has 42 heavy (non-hydrogen) atoms. The fraction of sp³-hybridized carbons (Fsp3) is 0.400. The highest BCUT2D eigenvalue weighted by Crippen LogP contribution is 2.52. The van der Waals surface area contributed by atoms with E-state index >= 15 is 0 Å². The maximum absolute atomic E-state index is 13.8. The highest BCUT2D eigenvalue weighted by molar-refractivity contribution is 5.90. The number of anilines is 1. The molecule has 216 valence electrons. The molecule has 4 heterocycles. The molecule has 3 aromatic heterocycles. The van der Waals surface area contributed by atoms with Crippen LogP contribution in [0.4, 0.5) is 19.4 Å². The first-order chi connectivity index (χ1) is 20.2. The number of carbonyl (C=O) groups is 1. The van der Waals surface area contributed by atoms with E-state index in [4.69, 9.17) is 19.4 Å². The lowest BCUT2D eigenvalue weighted by atomic mass is 9.74. The summed E-state index contributed by atoms with van der Waals surface area (Å²) < 4.78 is 40.7. The maximum Gasteiger partial charge on any atom is 0.416 e. The molecule has 0 saturated heterocycles. The Morgan fingerprint density at radius 2 is 1.90 bits per heavy atom. The van der Waals surface area contributed by atoms with Gasteiger partial charge < -0.3 is 9.47 Å². The van der Waals surface area contributed by atoms with Crippen LogP contribution in [-0.2, 0) is 22.8 Å². The van der Waals surface area contributed by atoms with E-state index in [-0.39, 0.29) is 12.2 Å². The molecule has 7 rings (SSSR count). The Balaban J connectivity index is 1.25. The van der Waals surface area contributed by atoms with Gasteiger partial charge in [-0.15, -0.1) is 0 Å². The molecule has 1 aromatic carbocycles. The zero-order valence-corrected chi connectivity index (χ0v) is 23.5. The van der Waals surface area contributed by atoms with Crippen LogP contribution in [0.15, 0.2) is 42.9 Å². The predicted molar refractivity (Wildman–Crippen MR) is 148 cm³/mol. The van der Waals surface area contributed by atoms with Crippen LogP contribution in [0.5, 0.6) is 5.88 Å². The van der Waals surface area contributed by atoms with Gasteiger partial charge in [0.05, 0.1) is 30.6 Å². The van der Waals surface area contributed by atoms with Gasteiger partial charge >= 0.3 is 6.09 Å². The third kappa shape index (κ3) is 4.36. The lowest BCUT2D eigenvalue weighted by Crippen LogP contribution is -2.49. The van der Waals surface area contributed by atoms with Crippen molar-refractivity contribution < 1.29 is 23.0 Å². The van der Waals surface area contributed by atoms with E-state index < -0.39 is 17.6 Å². The van der Waals surface area contributed by atoms with Gasteiger partial charge in [0.1, 0.15) is 29.0 Å². The van der Waals surface area contributed by atoms with Crippen LogP contribution in [0.3, 0.4) is 0 Å². The zero-order valence-electron chi connectivity index (χ0n) is 23.5. The summed E-state index contributed by atoms with van der Waals surface area (Å²) in [6, 6.07) is 8.63. The Kier molecular flexibility index (Phi) is 6.00. The first kappa shape index (κ1) is 26.4. The molecule has 2 fully saturated rings. The molecule has 3 aliphatic rings. The first-order valence-electron chi connectivity index (χ1n) is 14.0. The number of aromatic nitrogens is 6. The van der Waals surface area contributed by atoms with Crippen molar-refractivity contribution in [1.82, 2.24) is 29.7 Å². The van der Waals surface area contributed by atoms with E-state index in [2.05, 4.69) is 15.1 Å². The maximum atomic E-state index is 13.8. The number of amides is 1. The third-order valence-corrected chi connectivity index (χ3v) is 8.26. The molecule has 1 aliphatic heterocycles. The number of fused-ring (bicyclic) bond motifs is 2. The molecule has 4 aromatic rings. The van der Waals surface area contributed by atoms with Crippen molar-refractivity contribution in [3.63, 3.8) is 0 Å². The number of alkyl halides is 2. The normalized spacial score (nSPS) is 17.5. The quantitative estimate of drug-likeness (QED) is 0.267. The second kappa shape index (κ2) is 9.53. The molecule has 2 saturated carbocycles. The van der Waals surface area contributed by atoms with Crippen molar-refractivity contribution in [1.29, 1.82) is 0 Å². The highest BCUT2D eigenvalue weighted by Gasteiger charge is 2.50. The smallest absolute Gasteiger partial charge is 0.416 e. The SMILES string of the molecule is COc1ncnc(C2CC2)c1-c1ncc2c(n1)N(Cc1ccc(-n3nc(C(C)(F)F)cc3C)cc1)C(=O)OC21CCC1. The standard InChI is InChI=1S/C30H29F2N7O3/c1-17-13-22(29(2,31)32)37-39(17)20-9-5-18(6-10-20)15-38-26-21(30(11-4-12-30)42-28(38)40)14-33-25(36-26)23-24(19-7-8-19)34-16-35-27(23)41-3/h5-6,9-10,13-14,16,19H,4,7-8,11-12,15H2,1-3H3. The number of halogens is 2. The lowest BCUT2D eigenvalue weighted by Gasteiger charge is -2.46. The van der Waals surface area contributed by atoms with Crippen molar-refractivity contribution in [3.05, 3.63) is 71.1 Å². The van der Waals surface area contributed by atoms with E-state index in [0.29, 0.717) is 53.2 Å². The van der Waals surface area contributed by atoms with Crippen LogP contribution in [0, 0.1) is 6.92 Å². The van der Waals surface area contributed by atoms with Crippen LogP contribution < -0.4 is 9.64 Å². The molecule has 10 nitrogen and oxygen atoms in total. The number of nitrogens with zero attached hydrogens (tertiary/aromatic N) is 7. The van der Waals surface area contributed by atoms with Crippen molar-refractivity contribution in [2.45, 2.75) is 69.9 Å².